The molecule has 1 aliphatic rings. The highest BCUT2D eigenvalue weighted by atomic mass is 16.2. The molecule has 0 aromatic carbocycles. The highest BCUT2D eigenvalue weighted by Crippen LogP contribution is 2.16. The molecule has 0 spiro atoms. The van der Waals surface area contributed by atoms with E-state index in [0.29, 0.717) is 5.92 Å². The number of aromatic nitrogens is 2. The molecule has 6 heteroatoms. The number of hydrogen-bond acceptors (Lipinski definition) is 4. The monoisotopic (exact) mass is 307 g/mol. The van der Waals surface area contributed by atoms with Gasteiger partial charge in [0, 0.05) is 71.5 Å². The summed E-state index contributed by atoms with van der Waals surface area (Å²) in [6.07, 6.45) is 2.11. The number of carbonyl (C=O) groups is 1. The van der Waals surface area contributed by atoms with Crippen LogP contribution < -0.4 is 5.32 Å². The standard InChI is InChI=1S/C16H29N5O/c1-13(2)16-15(12-19(4)18-16)11-17-5-6-20-7-9-21(10-8-20)14(3)22/h12-13,17H,5-11H2,1-4H3. The maximum absolute atomic E-state index is 11.3. The lowest BCUT2D eigenvalue weighted by Gasteiger charge is -2.34. The average Bonchev–Trinajstić information content (AvgIpc) is 2.85. The Balaban J connectivity index is 1.69. The second-order valence-electron chi connectivity index (χ2n) is 6.39. The van der Waals surface area contributed by atoms with Gasteiger partial charge in [-0.2, -0.15) is 5.10 Å². The van der Waals surface area contributed by atoms with Crippen LogP contribution in [0.1, 0.15) is 37.9 Å². The molecular formula is C16H29N5O. The van der Waals surface area contributed by atoms with Crippen molar-refractivity contribution < 1.29 is 4.79 Å². The Kier molecular flexibility index (Phi) is 5.97. The molecule has 124 valence electrons. The first-order valence-corrected chi connectivity index (χ1v) is 8.18. The van der Waals surface area contributed by atoms with E-state index in [-0.39, 0.29) is 5.91 Å². The largest absolute Gasteiger partial charge is 0.340 e. The molecule has 1 aromatic rings. The van der Waals surface area contributed by atoms with Gasteiger partial charge >= 0.3 is 0 Å². The van der Waals surface area contributed by atoms with Crippen molar-refractivity contribution in [2.24, 2.45) is 7.05 Å². The number of hydrogen-bond donors (Lipinski definition) is 1. The molecule has 1 amide bonds. The summed E-state index contributed by atoms with van der Waals surface area (Å²) in [5, 5.41) is 8.05. The molecule has 0 unspecified atom stereocenters. The molecule has 1 aliphatic heterocycles. The van der Waals surface area contributed by atoms with Gasteiger partial charge in [-0.25, -0.2) is 0 Å². The van der Waals surface area contributed by atoms with Gasteiger partial charge in [-0.1, -0.05) is 13.8 Å². The number of amides is 1. The first-order valence-electron chi connectivity index (χ1n) is 8.18. The molecule has 1 aromatic heterocycles. The highest BCUT2D eigenvalue weighted by molar-refractivity contribution is 5.73. The Hall–Kier alpha value is -1.40. The number of nitrogens with zero attached hydrogens (tertiary/aromatic N) is 4. The molecule has 2 heterocycles. The van der Waals surface area contributed by atoms with Crippen molar-refractivity contribution in [2.45, 2.75) is 33.2 Å². The smallest absolute Gasteiger partial charge is 0.219 e. The minimum atomic E-state index is 0.190. The van der Waals surface area contributed by atoms with Gasteiger partial charge in [0.2, 0.25) is 5.91 Å². The lowest BCUT2D eigenvalue weighted by molar-refractivity contribution is -0.130. The van der Waals surface area contributed by atoms with Crippen molar-refractivity contribution in [3.63, 3.8) is 0 Å². The lowest BCUT2D eigenvalue weighted by Crippen LogP contribution is -2.49. The third-order valence-corrected chi connectivity index (χ3v) is 4.22. The SMILES string of the molecule is CC(=O)N1CCN(CCNCc2cn(C)nc2C(C)C)CC1. The number of carbonyl (C=O) groups excluding carboxylic acids is 1. The van der Waals surface area contributed by atoms with Gasteiger partial charge in [0.1, 0.15) is 0 Å². The van der Waals surface area contributed by atoms with Crippen LogP contribution in [0, 0.1) is 0 Å². The summed E-state index contributed by atoms with van der Waals surface area (Å²) < 4.78 is 1.90. The maximum Gasteiger partial charge on any atom is 0.219 e. The minimum absolute atomic E-state index is 0.190. The Morgan fingerprint density at radius 2 is 2.00 bits per heavy atom. The van der Waals surface area contributed by atoms with Crippen molar-refractivity contribution in [1.82, 2.24) is 24.9 Å². The van der Waals surface area contributed by atoms with E-state index in [1.165, 1.54) is 11.3 Å². The van der Waals surface area contributed by atoms with Gasteiger partial charge in [0.15, 0.2) is 0 Å². The van der Waals surface area contributed by atoms with E-state index in [0.717, 1.165) is 45.8 Å². The van der Waals surface area contributed by atoms with Crippen LogP contribution in [-0.2, 0) is 18.4 Å². The van der Waals surface area contributed by atoms with Crippen molar-refractivity contribution in [3.8, 4) is 0 Å². The van der Waals surface area contributed by atoms with E-state index in [4.69, 9.17) is 0 Å². The fraction of sp³-hybridized carbons (Fsp3) is 0.750. The Labute approximate surface area is 133 Å². The quantitative estimate of drug-likeness (QED) is 0.790. The molecule has 6 nitrogen and oxygen atoms in total. The number of piperazine rings is 1. The van der Waals surface area contributed by atoms with Gasteiger partial charge in [-0.3, -0.25) is 14.4 Å². The number of nitrogens with one attached hydrogen (secondary N) is 1. The van der Waals surface area contributed by atoms with E-state index in [1.54, 1.807) is 6.92 Å². The lowest BCUT2D eigenvalue weighted by atomic mass is 10.1. The molecule has 0 atom stereocenters. The van der Waals surface area contributed by atoms with E-state index < -0.39 is 0 Å². The zero-order valence-corrected chi connectivity index (χ0v) is 14.3. The summed E-state index contributed by atoms with van der Waals surface area (Å²) >= 11 is 0. The third kappa shape index (κ3) is 4.55. The van der Waals surface area contributed by atoms with Gasteiger partial charge in [-0.15, -0.1) is 0 Å². The normalized spacial score (nSPS) is 16.5. The summed E-state index contributed by atoms with van der Waals surface area (Å²) in [5.41, 5.74) is 2.48. The Morgan fingerprint density at radius 3 is 2.59 bits per heavy atom. The number of aryl methyl sites for hydroxylation is 1. The van der Waals surface area contributed by atoms with Crippen molar-refractivity contribution in [2.75, 3.05) is 39.3 Å². The van der Waals surface area contributed by atoms with Gasteiger partial charge < -0.3 is 10.2 Å². The Morgan fingerprint density at radius 1 is 1.32 bits per heavy atom. The zero-order valence-electron chi connectivity index (χ0n) is 14.3. The minimum Gasteiger partial charge on any atom is -0.340 e. The molecular weight excluding hydrogens is 278 g/mol. The maximum atomic E-state index is 11.3. The second kappa shape index (κ2) is 7.74. The van der Waals surface area contributed by atoms with Crippen LogP contribution in [0.4, 0.5) is 0 Å². The molecule has 22 heavy (non-hydrogen) atoms. The molecule has 2 rings (SSSR count). The van der Waals surface area contributed by atoms with E-state index >= 15 is 0 Å². The topological polar surface area (TPSA) is 53.4 Å². The summed E-state index contributed by atoms with van der Waals surface area (Å²) in [5.74, 6) is 0.647. The molecule has 1 fully saturated rings. The predicted octanol–water partition coefficient (Wildman–Crippen LogP) is 0.797. The first-order chi connectivity index (χ1) is 10.5. The first kappa shape index (κ1) is 17.0. The third-order valence-electron chi connectivity index (χ3n) is 4.22. The summed E-state index contributed by atoms with van der Waals surface area (Å²) in [7, 11) is 1.98. The van der Waals surface area contributed by atoms with Crippen LogP contribution in [0.3, 0.4) is 0 Å². The van der Waals surface area contributed by atoms with E-state index in [1.807, 2.05) is 16.6 Å². The van der Waals surface area contributed by atoms with Crippen LogP contribution in [0.25, 0.3) is 0 Å². The van der Waals surface area contributed by atoms with Gasteiger partial charge in [-0.05, 0) is 5.92 Å². The number of rotatable bonds is 6. The van der Waals surface area contributed by atoms with Gasteiger partial charge in [0.25, 0.3) is 0 Å². The van der Waals surface area contributed by atoms with Crippen LogP contribution in [0.15, 0.2) is 6.20 Å². The van der Waals surface area contributed by atoms with Crippen LogP contribution in [0.2, 0.25) is 0 Å². The van der Waals surface area contributed by atoms with E-state index in [9.17, 15) is 4.79 Å². The average molecular weight is 307 g/mol. The fourth-order valence-electron chi connectivity index (χ4n) is 2.92. The fourth-order valence-corrected chi connectivity index (χ4v) is 2.92. The second-order valence-corrected chi connectivity index (χ2v) is 6.39. The highest BCUT2D eigenvalue weighted by Gasteiger charge is 2.18. The van der Waals surface area contributed by atoms with Gasteiger partial charge in [0.05, 0.1) is 5.69 Å². The van der Waals surface area contributed by atoms with Crippen molar-refractivity contribution in [1.29, 1.82) is 0 Å². The molecule has 0 saturated carbocycles. The van der Waals surface area contributed by atoms with Crippen molar-refractivity contribution in [3.05, 3.63) is 17.5 Å². The predicted molar refractivity (Wildman–Crippen MR) is 87.7 cm³/mol. The van der Waals surface area contributed by atoms with Crippen molar-refractivity contribution >= 4 is 5.91 Å². The summed E-state index contributed by atoms with van der Waals surface area (Å²) in [6, 6.07) is 0. The van der Waals surface area contributed by atoms with E-state index in [2.05, 4.69) is 35.4 Å². The van der Waals surface area contributed by atoms with Crippen LogP contribution in [-0.4, -0.2) is 64.8 Å². The summed E-state index contributed by atoms with van der Waals surface area (Å²) in [6.45, 7) is 12.5. The molecule has 1 N–H and O–H groups in total. The van der Waals surface area contributed by atoms with Crippen LogP contribution >= 0.6 is 0 Å². The molecule has 0 radical (unpaired) electrons. The zero-order chi connectivity index (χ0) is 16.1. The Bertz CT molecular complexity index is 489. The van der Waals surface area contributed by atoms with Crippen LogP contribution in [0.5, 0.6) is 0 Å². The molecule has 1 saturated heterocycles. The summed E-state index contributed by atoms with van der Waals surface area (Å²) in [4.78, 5) is 15.6. The molecule has 0 aliphatic carbocycles. The molecule has 0 bridgehead atoms.